The summed E-state index contributed by atoms with van der Waals surface area (Å²) in [5, 5.41) is 19.4. The Bertz CT molecular complexity index is 238. The molecule has 4 nitrogen and oxygen atoms in total. The molecular formula is C5H9NO3. The highest BCUT2D eigenvalue weighted by Gasteiger charge is 2.27. The maximum atomic E-state index is 10.5. The lowest BCUT2D eigenvalue weighted by atomic mass is 10.2. The smallest absolute Gasteiger partial charge is 0.320 e. The van der Waals surface area contributed by atoms with Crippen molar-refractivity contribution in [3.05, 3.63) is 0 Å². The summed E-state index contributed by atoms with van der Waals surface area (Å²) in [4.78, 5) is 10.5. The van der Waals surface area contributed by atoms with Gasteiger partial charge in [-0.05, 0) is 0 Å². The van der Waals surface area contributed by atoms with Gasteiger partial charge in [-0.15, -0.1) is 0 Å². The van der Waals surface area contributed by atoms with Gasteiger partial charge in [-0.2, -0.15) is 0 Å². The molecule has 9 heavy (non-hydrogen) atoms. The van der Waals surface area contributed by atoms with Crippen LogP contribution >= 0.6 is 0 Å². The Hall–Kier alpha value is -0.610. The molecule has 1 aliphatic rings. The molecule has 1 aliphatic heterocycles. The highest BCUT2D eigenvalue weighted by atomic mass is 16.4. The van der Waals surface area contributed by atoms with Crippen molar-refractivity contribution in [3.8, 4) is 0 Å². The van der Waals surface area contributed by atoms with Gasteiger partial charge in [-0.3, -0.25) is 4.79 Å². The van der Waals surface area contributed by atoms with E-state index in [-0.39, 0.29) is 0 Å². The van der Waals surface area contributed by atoms with Crippen molar-refractivity contribution < 1.29 is 20.5 Å². The molecule has 2 atom stereocenters. The van der Waals surface area contributed by atoms with Crippen LogP contribution in [0, 0.1) is 0 Å². The van der Waals surface area contributed by atoms with Crippen molar-refractivity contribution >= 4 is 5.97 Å². The van der Waals surface area contributed by atoms with E-state index in [9.17, 15) is 4.79 Å². The van der Waals surface area contributed by atoms with Crippen molar-refractivity contribution in [3.63, 3.8) is 0 Å². The van der Waals surface area contributed by atoms with Crippen LogP contribution in [0.2, 0.25) is 0 Å². The molecule has 0 bridgehead atoms. The molecule has 0 aromatic carbocycles. The molecule has 2 unspecified atom stereocenters. The highest BCUT2D eigenvalue weighted by molar-refractivity contribution is 5.73. The van der Waals surface area contributed by atoms with Gasteiger partial charge in [0.25, 0.3) is 0 Å². The molecular weight excluding hydrogens is 122 g/mol. The summed E-state index contributed by atoms with van der Waals surface area (Å²) < 4.78 is 28.4. The Morgan fingerprint density at radius 3 is 2.89 bits per heavy atom. The Kier molecular flexibility index (Phi) is 0.771. The predicted octanol–water partition coefficient (Wildman–Crippen LogP) is -1.21. The molecule has 0 aromatic heterocycles. The first kappa shape index (κ1) is 2.98. The average Bonchev–Trinajstić information content (AvgIpc) is 1.97. The Morgan fingerprint density at radius 2 is 2.67 bits per heavy atom. The monoisotopic (exact) mass is 135 g/mol. The second-order valence-corrected chi connectivity index (χ2v) is 1.66. The van der Waals surface area contributed by atoms with Crippen molar-refractivity contribution in [2.45, 2.75) is 18.5 Å². The number of aliphatic hydroxyl groups is 1. The lowest BCUT2D eigenvalue weighted by Crippen LogP contribution is -2.29. The molecule has 1 rings (SSSR count). The first-order valence-electron chi connectivity index (χ1n) is 4.36. The Balaban J connectivity index is 3.00. The van der Waals surface area contributed by atoms with Gasteiger partial charge in [-0.1, -0.05) is 0 Å². The zero-order valence-corrected chi connectivity index (χ0v) is 4.51. The third-order valence-electron chi connectivity index (χ3n) is 0.960. The maximum absolute atomic E-state index is 10.5. The molecule has 0 aliphatic carbocycles. The first-order valence-corrected chi connectivity index (χ1v) is 2.36. The SMILES string of the molecule is [2H]C1(C(=O)O)CC([2H])(O)C([2H])([2H])N1. The fourth-order valence-corrected chi connectivity index (χ4v) is 0.533. The number of carboxylic acids is 1. The number of carbonyl (C=O) groups is 1. The molecule has 0 radical (unpaired) electrons. The van der Waals surface area contributed by atoms with Gasteiger partial charge in [0.15, 0.2) is 0 Å². The van der Waals surface area contributed by atoms with Crippen LogP contribution in [0.4, 0.5) is 0 Å². The molecule has 0 amide bonds. The second-order valence-electron chi connectivity index (χ2n) is 1.66. The molecule has 0 spiro atoms. The number of rotatable bonds is 1. The van der Waals surface area contributed by atoms with E-state index in [0.29, 0.717) is 0 Å². The lowest BCUT2D eigenvalue weighted by molar-refractivity contribution is -0.139. The quantitative estimate of drug-likeness (QED) is 0.422. The molecule has 1 saturated heterocycles. The van der Waals surface area contributed by atoms with Crippen molar-refractivity contribution in [1.82, 2.24) is 5.32 Å². The van der Waals surface area contributed by atoms with E-state index < -0.39 is 31.0 Å². The van der Waals surface area contributed by atoms with Crippen LogP contribution in [0.25, 0.3) is 0 Å². The predicted molar refractivity (Wildman–Crippen MR) is 30.1 cm³/mol. The van der Waals surface area contributed by atoms with E-state index in [0.717, 1.165) is 0 Å². The van der Waals surface area contributed by atoms with E-state index in [1.807, 2.05) is 0 Å². The molecule has 1 heterocycles. The van der Waals surface area contributed by atoms with Gasteiger partial charge < -0.3 is 15.5 Å². The first-order chi connectivity index (χ1) is 5.61. The van der Waals surface area contributed by atoms with Crippen LogP contribution in [-0.2, 0) is 4.79 Å². The normalized spacial score (nSPS) is 63.2. The van der Waals surface area contributed by atoms with Crippen LogP contribution < -0.4 is 5.32 Å². The van der Waals surface area contributed by atoms with Crippen LogP contribution in [0.1, 0.15) is 11.9 Å². The fraction of sp³-hybridized carbons (Fsp3) is 0.800. The van der Waals surface area contributed by atoms with E-state index >= 15 is 0 Å². The summed E-state index contributed by atoms with van der Waals surface area (Å²) in [6.07, 6.45) is -3.41. The van der Waals surface area contributed by atoms with Crippen LogP contribution in [0.5, 0.6) is 0 Å². The summed E-state index contributed by atoms with van der Waals surface area (Å²) in [5.41, 5.74) is 0. The second kappa shape index (κ2) is 2.33. The number of hydrogen-bond donors (Lipinski definition) is 3. The standard InChI is InChI=1S/C5H9NO3/c7-3-1-4(5(8)9)6-2-3/h3-4,6-7H,1-2H2,(H,8,9)/i2D2,3D,4D. The van der Waals surface area contributed by atoms with Crippen LogP contribution in [0.15, 0.2) is 0 Å². The minimum Gasteiger partial charge on any atom is -0.480 e. The van der Waals surface area contributed by atoms with Gasteiger partial charge in [0, 0.05) is 15.7 Å². The molecule has 4 heteroatoms. The van der Waals surface area contributed by atoms with Gasteiger partial charge in [0.05, 0.1) is 8.82 Å². The fourth-order valence-electron chi connectivity index (χ4n) is 0.533. The van der Waals surface area contributed by atoms with Crippen LogP contribution in [-0.4, -0.2) is 34.8 Å². The van der Waals surface area contributed by atoms with Gasteiger partial charge >= 0.3 is 5.97 Å². The third-order valence-corrected chi connectivity index (χ3v) is 0.960. The van der Waals surface area contributed by atoms with Crippen molar-refractivity contribution in [2.75, 3.05) is 6.50 Å². The summed E-state index contributed by atoms with van der Waals surface area (Å²) in [7, 11) is 0. The zero-order chi connectivity index (χ0) is 10.5. The van der Waals surface area contributed by atoms with Crippen LogP contribution in [0.3, 0.4) is 0 Å². The van der Waals surface area contributed by atoms with Gasteiger partial charge in [-0.25, -0.2) is 0 Å². The summed E-state index contributed by atoms with van der Waals surface area (Å²) >= 11 is 0. The molecule has 0 saturated carbocycles. The number of hydrogen-bond acceptors (Lipinski definition) is 3. The van der Waals surface area contributed by atoms with Crippen molar-refractivity contribution in [2.24, 2.45) is 0 Å². The zero-order valence-electron chi connectivity index (χ0n) is 8.51. The average molecular weight is 135 g/mol. The number of carboxylic acid groups (broad SMARTS) is 1. The highest BCUT2D eigenvalue weighted by Crippen LogP contribution is 2.05. The number of nitrogens with one attached hydrogen (secondary N) is 1. The Morgan fingerprint density at radius 1 is 2.00 bits per heavy atom. The van der Waals surface area contributed by atoms with E-state index in [4.69, 9.17) is 15.7 Å². The van der Waals surface area contributed by atoms with E-state index in [1.54, 1.807) is 5.32 Å². The third kappa shape index (κ3) is 1.40. The van der Waals surface area contributed by atoms with Gasteiger partial charge in [0.2, 0.25) is 0 Å². The van der Waals surface area contributed by atoms with Gasteiger partial charge in [0.1, 0.15) is 6.02 Å². The Labute approximate surface area is 58.1 Å². The molecule has 52 valence electrons. The summed E-state index contributed by atoms with van der Waals surface area (Å²) in [5.74, 6) is -1.61. The lowest BCUT2D eigenvalue weighted by Gasteiger charge is -1.99. The summed E-state index contributed by atoms with van der Waals surface area (Å²) in [6, 6.07) is -2.33. The van der Waals surface area contributed by atoms with Crippen molar-refractivity contribution in [1.29, 1.82) is 0 Å². The van der Waals surface area contributed by atoms with E-state index in [2.05, 4.69) is 0 Å². The maximum Gasteiger partial charge on any atom is 0.320 e. The summed E-state index contributed by atoms with van der Waals surface area (Å²) in [6.45, 7) is -2.59. The topological polar surface area (TPSA) is 69.6 Å². The molecule has 3 N–H and O–H groups in total. The number of aliphatic carboxylic acids is 1. The minimum absolute atomic E-state index is 0.817. The largest absolute Gasteiger partial charge is 0.480 e. The van der Waals surface area contributed by atoms with E-state index in [1.165, 1.54) is 0 Å². The molecule has 1 fully saturated rings. The molecule has 0 aromatic rings. The minimum atomic E-state index is -2.59. The number of β-amino-alcohol motifs (C(OH)–C–C–N with tert-alkyl or cyclic N) is 1.